The third-order valence-electron chi connectivity index (χ3n) is 4.84. The van der Waals surface area contributed by atoms with Gasteiger partial charge in [-0.1, -0.05) is 48.5 Å². The van der Waals surface area contributed by atoms with Gasteiger partial charge in [0.1, 0.15) is 0 Å². The molecule has 1 aromatic heterocycles. The van der Waals surface area contributed by atoms with Crippen LogP contribution in [0.4, 0.5) is 0 Å². The van der Waals surface area contributed by atoms with Crippen LogP contribution in [0.25, 0.3) is 0 Å². The van der Waals surface area contributed by atoms with Crippen molar-refractivity contribution in [3.8, 4) is 0 Å². The molecule has 1 heterocycles. The second-order valence-electron chi connectivity index (χ2n) is 6.47. The van der Waals surface area contributed by atoms with Gasteiger partial charge in [0.15, 0.2) is 0 Å². The first-order valence-corrected chi connectivity index (χ1v) is 9.68. The number of thiophene rings is 1. The van der Waals surface area contributed by atoms with Crippen LogP contribution < -0.4 is 5.32 Å². The van der Waals surface area contributed by atoms with Crippen LogP contribution in [0.5, 0.6) is 0 Å². The zero-order valence-corrected chi connectivity index (χ0v) is 15.1. The van der Waals surface area contributed by atoms with Gasteiger partial charge in [0, 0.05) is 5.56 Å². The van der Waals surface area contributed by atoms with Crippen molar-refractivity contribution in [2.24, 2.45) is 0 Å². The molecule has 1 unspecified atom stereocenters. The number of benzene rings is 2. The SMILES string of the molecule is O=C(NC1CCCc2ccccc21)c1ccccc1C(=O)c1cccs1. The van der Waals surface area contributed by atoms with E-state index in [9.17, 15) is 9.59 Å². The van der Waals surface area contributed by atoms with Crippen molar-refractivity contribution in [3.63, 3.8) is 0 Å². The predicted octanol–water partition coefficient (Wildman–Crippen LogP) is 4.79. The Morgan fingerprint density at radius 1 is 0.923 bits per heavy atom. The number of carbonyl (C=O) groups is 2. The molecule has 1 aliphatic carbocycles. The molecule has 1 N–H and O–H groups in total. The maximum Gasteiger partial charge on any atom is 0.252 e. The van der Waals surface area contributed by atoms with Crippen LogP contribution in [-0.4, -0.2) is 11.7 Å². The summed E-state index contributed by atoms with van der Waals surface area (Å²) in [7, 11) is 0. The Bertz CT molecular complexity index is 946. The molecule has 0 bridgehead atoms. The molecule has 26 heavy (non-hydrogen) atoms. The second-order valence-corrected chi connectivity index (χ2v) is 7.42. The molecule has 4 heteroatoms. The largest absolute Gasteiger partial charge is 0.345 e. The third kappa shape index (κ3) is 3.20. The number of amides is 1. The molecule has 0 saturated heterocycles. The van der Waals surface area contributed by atoms with Crippen molar-refractivity contribution in [3.05, 3.63) is 93.2 Å². The molecule has 1 amide bonds. The number of ketones is 1. The van der Waals surface area contributed by atoms with Crippen LogP contribution in [0.3, 0.4) is 0 Å². The lowest BCUT2D eigenvalue weighted by atomic mass is 9.87. The molecular weight excluding hydrogens is 342 g/mol. The van der Waals surface area contributed by atoms with E-state index in [1.165, 1.54) is 22.5 Å². The fourth-order valence-corrected chi connectivity index (χ4v) is 4.24. The van der Waals surface area contributed by atoms with Gasteiger partial charge in [-0.25, -0.2) is 0 Å². The number of fused-ring (bicyclic) bond motifs is 1. The number of carbonyl (C=O) groups excluding carboxylic acids is 2. The molecular formula is C22H19NO2S. The quantitative estimate of drug-likeness (QED) is 0.679. The van der Waals surface area contributed by atoms with Gasteiger partial charge in [-0.05, 0) is 47.9 Å². The molecule has 0 fully saturated rings. The van der Waals surface area contributed by atoms with E-state index in [4.69, 9.17) is 0 Å². The normalized spacial score (nSPS) is 15.9. The van der Waals surface area contributed by atoms with E-state index in [-0.39, 0.29) is 17.7 Å². The van der Waals surface area contributed by atoms with E-state index < -0.39 is 0 Å². The van der Waals surface area contributed by atoms with Crippen LogP contribution in [0.15, 0.2) is 66.0 Å². The predicted molar refractivity (Wildman–Crippen MR) is 104 cm³/mol. The average molecular weight is 361 g/mol. The lowest BCUT2D eigenvalue weighted by Gasteiger charge is -2.26. The maximum absolute atomic E-state index is 13.0. The Morgan fingerprint density at radius 2 is 1.69 bits per heavy atom. The van der Waals surface area contributed by atoms with Crippen LogP contribution in [0, 0.1) is 0 Å². The average Bonchev–Trinajstić information content (AvgIpc) is 3.22. The van der Waals surface area contributed by atoms with Crippen LogP contribution in [0.2, 0.25) is 0 Å². The summed E-state index contributed by atoms with van der Waals surface area (Å²) >= 11 is 1.39. The molecule has 2 aromatic carbocycles. The van der Waals surface area contributed by atoms with E-state index in [0.29, 0.717) is 16.0 Å². The topological polar surface area (TPSA) is 46.2 Å². The number of hydrogen-bond acceptors (Lipinski definition) is 3. The minimum Gasteiger partial charge on any atom is -0.345 e. The summed E-state index contributed by atoms with van der Waals surface area (Å²) in [6.45, 7) is 0. The molecule has 4 rings (SSSR count). The Hall–Kier alpha value is -2.72. The summed E-state index contributed by atoms with van der Waals surface area (Å²) in [5.74, 6) is -0.290. The molecule has 0 radical (unpaired) electrons. The maximum atomic E-state index is 13.0. The Labute approximate surface area is 156 Å². The molecule has 3 nitrogen and oxygen atoms in total. The van der Waals surface area contributed by atoms with Crippen molar-refractivity contribution >= 4 is 23.0 Å². The molecule has 1 aliphatic rings. The summed E-state index contributed by atoms with van der Waals surface area (Å²) in [4.78, 5) is 26.4. The van der Waals surface area contributed by atoms with Gasteiger partial charge in [-0.15, -0.1) is 11.3 Å². The monoisotopic (exact) mass is 361 g/mol. The Morgan fingerprint density at radius 3 is 2.50 bits per heavy atom. The molecule has 0 aliphatic heterocycles. The zero-order valence-electron chi connectivity index (χ0n) is 14.3. The highest BCUT2D eigenvalue weighted by atomic mass is 32.1. The van der Waals surface area contributed by atoms with Crippen molar-refractivity contribution in [2.75, 3.05) is 0 Å². The van der Waals surface area contributed by atoms with Crippen molar-refractivity contribution in [1.82, 2.24) is 5.32 Å². The van der Waals surface area contributed by atoms with E-state index in [2.05, 4.69) is 17.4 Å². The number of aryl methyl sites for hydroxylation is 1. The molecule has 0 spiro atoms. The fraction of sp³-hybridized carbons (Fsp3) is 0.182. The second kappa shape index (κ2) is 7.26. The summed E-state index contributed by atoms with van der Waals surface area (Å²) in [6.07, 6.45) is 3.03. The molecule has 1 atom stereocenters. The number of nitrogens with one attached hydrogen (secondary N) is 1. The van der Waals surface area contributed by atoms with Gasteiger partial charge in [-0.2, -0.15) is 0 Å². The van der Waals surface area contributed by atoms with Crippen LogP contribution >= 0.6 is 11.3 Å². The van der Waals surface area contributed by atoms with E-state index >= 15 is 0 Å². The first-order valence-electron chi connectivity index (χ1n) is 8.80. The molecule has 130 valence electrons. The molecule has 0 saturated carbocycles. The third-order valence-corrected chi connectivity index (χ3v) is 5.70. The minimum atomic E-state index is -0.188. The van der Waals surface area contributed by atoms with Crippen LogP contribution in [0.1, 0.15) is 55.6 Å². The molecule has 3 aromatic rings. The first-order chi connectivity index (χ1) is 12.7. The van der Waals surface area contributed by atoms with Crippen LogP contribution in [-0.2, 0) is 6.42 Å². The summed E-state index contributed by atoms with van der Waals surface area (Å²) in [6, 6.07) is 19.0. The Balaban J connectivity index is 1.61. The van der Waals surface area contributed by atoms with Gasteiger partial charge >= 0.3 is 0 Å². The minimum absolute atomic E-state index is 0.00246. The lowest BCUT2D eigenvalue weighted by Crippen LogP contribution is -2.32. The zero-order chi connectivity index (χ0) is 17.9. The van der Waals surface area contributed by atoms with Gasteiger partial charge in [0.2, 0.25) is 5.78 Å². The summed E-state index contributed by atoms with van der Waals surface area (Å²) in [5, 5.41) is 5.01. The van der Waals surface area contributed by atoms with E-state index in [1.54, 1.807) is 30.3 Å². The highest BCUT2D eigenvalue weighted by molar-refractivity contribution is 7.12. The van der Waals surface area contributed by atoms with Gasteiger partial charge in [0.05, 0.1) is 16.5 Å². The highest BCUT2D eigenvalue weighted by Gasteiger charge is 2.24. The van der Waals surface area contributed by atoms with Gasteiger partial charge in [0.25, 0.3) is 5.91 Å². The van der Waals surface area contributed by atoms with E-state index in [0.717, 1.165) is 19.3 Å². The summed E-state index contributed by atoms with van der Waals surface area (Å²) in [5.41, 5.74) is 3.38. The van der Waals surface area contributed by atoms with E-state index in [1.807, 2.05) is 23.6 Å². The van der Waals surface area contributed by atoms with Crippen molar-refractivity contribution in [1.29, 1.82) is 0 Å². The fourth-order valence-electron chi connectivity index (χ4n) is 3.56. The Kier molecular flexibility index (Phi) is 4.67. The number of rotatable bonds is 4. The van der Waals surface area contributed by atoms with Crippen molar-refractivity contribution in [2.45, 2.75) is 25.3 Å². The van der Waals surface area contributed by atoms with Gasteiger partial charge in [-0.3, -0.25) is 9.59 Å². The summed E-state index contributed by atoms with van der Waals surface area (Å²) < 4.78 is 0. The standard InChI is InChI=1S/C22H19NO2S/c24-21(20-13-6-14-26-20)17-10-3-4-11-18(17)22(25)23-19-12-5-8-15-7-1-2-9-16(15)19/h1-4,6-7,9-11,13-14,19H,5,8,12H2,(H,23,25). The smallest absolute Gasteiger partial charge is 0.252 e. The van der Waals surface area contributed by atoms with Gasteiger partial charge < -0.3 is 5.32 Å². The van der Waals surface area contributed by atoms with Crippen molar-refractivity contribution < 1.29 is 9.59 Å². The number of hydrogen-bond donors (Lipinski definition) is 1. The first kappa shape index (κ1) is 16.7. The highest BCUT2D eigenvalue weighted by Crippen LogP contribution is 2.30. The lowest BCUT2D eigenvalue weighted by molar-refractivity contribution is 0.0923.